The Kier molecular flexibility index (Phi) is 6.47. The molecule has 1 amide bonds. The molecule has 1 unspecified atom stereocenters. The topological polar surface area (TPSA) is 139 Å². The number of carboxylic acids is 1. The Morgan fingerprint density at radius 1 is 1.52 bits per heavy atom. The van der Waals surface area contributed by atoms with Crippen LogP contribution in [-0.2, 0) is 14.4 Å². The molecule has 0 radical (unpaired) electrons. The quantitative estimate of drug-likeness (QED) is 0.323. The molecule has 0 aromatic carbocycles. The van der Waals surface area contributed by atoms with Crippen LogP contribution in [0.25, 0.3) is 0 Å². The van der Waals surface area contributed by atoms with Crippen molar-refractivity contribution < 1.29 is 19.5 Å². The summed E-state index contributed by atoms with van der Waals surface area (Å²) in [6.45, 7) is 2.03. The molecule has 0 spiro atoms. The van der Waals surface area contributed by atoms with E-state index in [1.807, 2.05) is 0 Å². The molecular formula is C12H20N4O4S. The summed E-state index contributed by atoms with van der Waals surface area (Å²) >= 11 is 1.08. The molecule has 1 saturated heterocycles. The van der Waals surface area contributed by atoms with Crippen molar-refractivity contribution in [2.75, 3.05) is 13.1 Å². The fourth-order valence-electron chi connectivity index (χ4n) is 2.22. The zero-order valence-electron chi connectivity index (χ0n) is 11.8. The molecule has 5 N–H and O–H groups in total. The molecule has 1 aliphatic rings. The van der Waals surface area contributed by atoms with E-state index in [9.17, 15) is 19.5 Å². The second kappa shape index (κ2) is 7.87. The van der Waals surface area contributed by atoms with Crippen LogP contribution < -0.4 is 11.5 Å². The zero-order chi connectivity index (χ0) is 16.0. The highest BCUT2D eigenvalue weighted by Gasteiger charge is 2.38. The van der Waals surface area contributed by atoms with Gasteiger partial charge >= 0.3 is 5.97 Å². The molecule has 1 rings (SSSR count). The average Bonchev–Trinajstić information content (AvgIpc) is 2.68. The van der Waals surface area contributed by atoms with E-state index in [4.69, 9.17) is 11.5 Å². The lowest BCUT2D eigenvalue weighted by atomic mass is 10.1. The number of carboxylic acid groups (broad SMARTS) is 1. The molecule has 21 heavy (non-hydrogen) atoms. The van der Waals surface area contributed by atoms with Crippen LogP contribution in [0.5, 0.6) is 0 Å². The van der Waals surface area contributed by atoms with E-state index in [1.54, 1.807) is 0 Å². The molecule has 9 heteroatoms. The summed E-state index contributed by atoms with van der Waals surface area (Å²) < 4.78 is 0. The fourth-order valence-corrected chi connectivity index (χ4v) is 3.15. The molecule has 0 aromatic rings. The molecule has 2 atom stereocenters. The first kappa shape index (κ1) is 17.3. The van der Waals surface area contributed by atoms with Gasteiger partial charge in [0.05, 0.1) is 0 Å². The van der Waals surface area contributed by atoms with E-state index in [0.29, 0.717) is 13.0 Å². The van der Waals surface area contributed by atoms with Gasteiger partial charge in [0, 0.05) is 31.7 Å². The first-order valence-electron chi connectivity index (χ1n) is 6.56. The highest BCUT2D eigenvalue weighted by molar-refractivity contribution is 8.14. The number of aliphatic imine (C=N–C) groups is 1. The predicted molar refractivity (Wildman–Crippen MR) is 79.7 cm³/mol. The smallest absolute Gasteiger partial charge is 0.326 e. The van der Waals surface area contributed by atoms with Gasteiger partial charge in [0.1, 0.15) is 6.04 Å². The molecule has 1 heterocycles. The molecule has 0 saturated carbocycles. The number of rotatable bonds is 7. The minimum Gasteiger partial charge on any atom is -0.480 e. The van der Waals surface area contributed by atoms with Gasteiger partial charge in [-0.05, 0) is 12.8 Å². The molecule has 118 valence electrons. The first-order valence-corrected chi connectivity index (χ1v) is 7.44. The Morgan fingerprint density at radius 2 is 2.19 bits per heavy atom. The van der Waals surface area contributed by atoms with Crippen molar-refractivity contribution in [1.82, 2.24) is 4.90 Å². The zero-order valence-corrected chi connectivity index (χ0v) is 12.6. The Labute approximate surface area is 126 Å². The van der Waals surface area contributed by atoms with Gasteiger partial charge in [-0.1, -0.05) is 11.8 Å². The normalized spacial score (nSPS) is 19.4. The summed E-state index contributed by atoms with van der Waals surface area (Å²) in [5, 5.41) is 9.03. The first-order chi connectivity index (χ1) is 9.81. The second-order valence-electron chi connectivity index (χ2n) is 4.78. The van der Waals surface area contributed by atoms with Gasteiger partial charge in [-0.3, -0.25) is 14.6 Å². The van der Waals surface area contributed by atoms with Gasteiger partial charge in [0.2, 0.25) is 5.91 Å². The number of carbonyl (C=O) groups excluding carboxylic acids is 2. The summed E-state index contributed by atoms with van der Waals surface area (Å²) in [6, 6.07) is -0.899. The van der Waals surface area contributed by atoms with Crippen LogP contribution in [0.1, 0.15) is 26.2 Å². The number of nitrogens with two attached hydrogens (primary N) is 2. The van der Waals surface area contributed by atoms with Crippen molar-refractivity contribution in [3.05, 3.63) is 0 Å². The van der Waals surface area contributed by atoms with Crippen molar-refractivity contribution in [2.24, 2.45) is 16.5 Å². The minimum atomic E-state index is -1.05. The van der Waals surface area contributed by atoms with Gasteiger partial charge in [0.25, 0.3) is 0 Å². The highest BCUT2D eigenvalue weighted by atomic mass is 32.2. The van der Waals surface area contributed by atoms with Crippen LogP contribution in [0.4, 0.5) is 0 Å². The van der Waals surface area contributed by atoms with Crippen molar-refractivity contribution in [3.63, 3.8) is 0 Å². The Bertz CT molecular complexity index is 451. The number of guanidine groups is 1. The maximum atomic E-state index is 11.9. The number of aliphatic carboxylic acids is 1. The predicted octanol–water partition coefficient (Wildman–Crippen LogP) is -0.626. The average molecular weight is 316 g/mol. The summed E-state index contributed by atoms with van der Waals surface area (Å²) in [5.41, 5.74) is 10.4. The summed E-state index contributed by atoms with van der Waals surface area (Å²) in [5.74, 6) is -1.33. The molecule has 1 fully saturated rings. The van der Waals surface area contributed by atoms with Gasteiger partial charge in [-0.15, -0.1) is 0 Å². The summed E-state index contributed by atoms with van der Waals surface area (Å²) in [6.07, 6.45) is 0.931. The van der Waals surface area contributed by atoms with Crippen LogP contribution in [-0.4, -0.2) is 57.3 Å². The van der Waals surface area contributed by atoms with E-state index < -0.39 is 12.0 Å². The molecule has 0 aliphatic carbocycles. The number of nitrogens with zero attached hydrogens (tertiary/aromatic N) is 2. The minimum absolute atomic E-state index is 0.0444. The SMILES string of the molecule is CC(=O)SC1CC(=O)N([C@@H](CCCN=C(N)N)C(=O)O)C1. The van der Waals surface area contributed by atoms with Crippen LogP contribution in [0, 0.1) is 0 Å². The third-order valence-electron chi connectivity index (χ3n) is 3.05. The standard InChI is InChI=1S/C12H20N4O4S/c1-7(17)21-8-5-10(18)16(6-8)9(11(19)20)3-2-4-15-12(13)14/h8-9H,2-6H2,1H3,(H,19,20)(H4,13,14,15)/t8?,9-/m0/s1. The van der Waals surface area contributed by atoms with E-state index in [0.717, 1.165) is 11.8 Å². The van der Waals surface area contributed by atoms with E-state index in [1.165, 1.54) is 11.8 Å². The highest BCUT2D eigenvalue weighted by Crippen LogP contribution is 2.26. The number of thioether (sulfide) groups is 1. The molecule has 1 aliphatic heterocycles. The third kappa shape index (κ3) is 5.62. The molecule has 0 aromatic heterocycles. The van der Waals surface area contributed by atoms with Crippen molar-refractivity contribution in [2.45, 2.75) is 37.5 Å². The fraction of sp³-hybridized carbons (Fsp3) is 0.667. The Hall–Kier alpha value is -1.77. The molecular weight excluding hydrogens is 296 g/mol. The number of amides is 1. The monoisotopic (exact) mass is 316 g/mol. The largest absolute Gasteiger partial charge is 0.480 e. The molecule has 0 bridgehead atoms. The maximum absolute atomic E-state index is 11.9. The van der Waals surface area contributed by atoms with Crippen LogP contribution in [0.3, 0.4) is 0 Å². The second-order valence-corrected chi connectivity index (χ2v) is 6.26. The van der Waals surface area contributed by atoms with Gasteiger partial charge in [-0.2, -0.15) is 0 Å². The summed E-state index contributed by atoms with van der Waals surface area (Å²) in [4.78, 5) is 39.4. The van der Waals surface area contributed by atoms with Crippen molar-refractivity contribution in [3.8, 4) is 0 Å². The van der Waals surface area contributed by atoms with Crippen molar-refractivity contribution in [1.29, 1.82) is 0 Å². The lowest BCUT2D eigenvalue weighted by Gasteiger charge is -2.24. The maximum Gasteiger partial charge on any atom is 0.326 e. The number of carbonyl (C=O) groups is 3. The van der Waals surface area contributed by atoms with Gasteiger partial charge in [0.15, 0.2) is 11.1 Å². The van der Waals surface area contributed by atoms with Crippen LogP contribution >= 0.6 is 11.8 Å². The number of hydrogen-bond donors (Lipinski definition) is 3. The van der Waals surface area contributed by atoms with Crippen LogP contribution in [0.15, 0.2) is 4.99 Å². The van der Waals surface area contributed by atoms with Gasteiger partial charge < -0.3 is 21.5 Å². The van der Waals surface area contributed by atoms with Crippen LogP contribution in [0.2, 0.25) is 0 Å². The number of hydrogen-bond acceptors (Lipinski definition) is 5. The Morgan fingerprint density at radius 3 is 2.71 bits per heavy atom. The van der Waals surface area contributed by atoms with E-state index in [-0.39, 0.29) is 41.6 Å². The summed E-state index contributed by atoms with van der Waals surface area (Å²) in [7, 11) is 0. The third-order valence-corrected chi connectivity index (χ3v) is 4.03. The van der Waals surface area contributed by atoms with E-state index in [2.05, 4.69) is 4.99 Å². The van der Waals surface area contributed by atoms with Crippen molar-refractivity contribution >= 4 is 34.7 Å². The molecule has 8 nitrogen and oxygen atoms in total. The van der Waals surface area contributed by atoms with E-state index >= 15 is 0 Å². The lowest BCUT2D eigenvalue weighted by molar-refractivity contribution is -0.148. The number of likely N-dealkylation sites (tertiary alicyclic amines) is 1. The Balaban J connectivity index is 2.60. The van der Waals surface area contributed by atoms with Gasteiger partial charge in [-0.25, -0.2) is 4.79 Å². The lowest BCUT2D eigenvalue weighted by Crippen LogP contribution is -2.42.